The van der Waals surface area contributed by atoms with Crippen molar-refractivity contribution in [3.63, 3.8) is 0 Å². The molecule has 1 heterocycles. The summed E-state index contributed by atoms with van der Waals surface area (Å²) in [7, 11) is 1.96. The molecule has 2 aromatic rings. The Morgan fingerprint density at radius 2 is 2.10 bits per heavy atom. The molecule has 1 aliphatic rings. The number of rotatable bonds is 5. The summed E-state index contributed by atoms with van der Waals surface area (Å²) in [5, 5.41) is 12.0. The molecule has 1 saturated carbocycles. The lowest BCUT2D eigenvalue weighted by Crippen LogP contribution is -2.14. The minimum Gasteiger partial charge on any atom is -0.325 e. The molecule has 0 saturated heterocycles. The predicted octanol–water partition coefficient (Wildman–Crippen LogP) is 3.19. The van der Waals surface area contributed by atoms with Crippen LogP contribution in [0, 0.1) is 0 Å². The van der Waals surface area contributed by atoms with Gasteiger partial charge in [-0.15, -0.1) is 10.2 Å². The highest BCUT2D eigenvalue weighted by molar-refractivity contribution is 9.10. The first-order valence-corrected chi connectivity index (χ1v) is 8.49. The van der Waals surface area contributed by atoms with Gasteiger partial charge in [0.25, 0.3) is 0 Å². The molecule has 7 heteroatoms. The average molecular weight is 367 g/mol. The number of halogens is 1. The molecule has 1 fully saturated rings. The maximum Gasteiger partial charge on any atom is 0.234 e. The van der Waals surface area contributed by atoms with Crippen molar-refractivity contribution in [3.05, 3.63) is 34.6 Å². The van der Waals surface area contributed by atoms with Crippen LogP contribution in [0.1, 0.15) is 24.6 Å². The number of nitrogens with zero attached hydrogens (tertiary/aromatic N) is 3. The van der Waals surface area contributed by atoms with Gasteiger partial charge in [-0.25, -0.2) is 0 Å². The second-order valence-electron chi connectivity index (χ2n) is 5.02. The number of hydrogen-bond acceptors (Lipinski definition) is 4. The molecule has 110 valence electrons. The van der Waals surface area contributed by atoms with Gasteiger partial charge in [-0.2, -0.15) is 0 Å². The summed E-state index contributed by atoms with van der Waals surface area (Å²) >= 11 is 4.78. The summed E-state index contributed by atoms with van der Waals surface area (Å²) in [6, 6.07) is 7.51. The summed E-state index contributed by atoms with van der Waals surface area (Å²) in [5.74, 6) is 1.88. The second-order valence-corrected chi connectivity index (χ2v) is 6.88. The van der Waals surface area contributed by atoms with Gasteiger partial charge in [0.15, 0.2) is 5.16 Å². The molecule has 1 aromatic carbocycles. The largest absolute Gasteiger partial charge is 0.325 e. The van der Waals surface area contributed by atoms with Crippen molar-refractivity contribution in [1.82, 2.24) is 14.8 Å². The molecule has 1 amide bonds. The van der Waals surface area contributed by atoms with Crippen LogP contribution in [0.25, 0.3) is 0 Å². The molecule has 1 aromatic heterocycles. The van der Waals surface area contributed by atoms with Gasteiger partial charge >= 0.3 is 0 Å². The molecule has 0 radical (unpaired) electrons. The second kappa shape index (κ2) is 6.19. The van der Waals surface area contributed by atoms with Crippen molar-refractivity contribution in [1.29, 1.82) is 0 Å². The fourth-order valence-corrected chi connectivity index (χ4v) is 2.99. The lowest BCUT2D eigenvalue weighted by atomic mass is 10.3. The number of hydrogen-bond donors (Lipinski definition) is 1. The van der Waals surface area contributed by atoms with Crippen LogP contribution in [0.5, 0.6) is 0 Å². The van der Waals surface area contributed by atoms with Crippen molar-refractivity contribution < 1.29 is 4.79 Å². The Bertz CT molecular complexity index is 651. The minimum absolute atomic E-state index is 0.0432. The van der Waals surface area contributed by atoms with E-state index in [0.29, 0.717) is 11.7 Å². The van der Waals surface area contributed by atoms with E-state index in [4.69, 9.17) is 0 Å². The monoisotopic (exact) mass is 366 g/mol. The Morgan fingerprint density at radius 1 is 1.38 bits per heavy atom. The molecule has 0 aliphatic heterocycles. The van der Waals surface area contributed by atoms with E-state index in [1.54, 1.807) is 0 Å². The number of nitrogens with one attached hydrogen (secondary N) is 1. The molecule has 1 aliphatic carbocycles. The van der Waals surface area contributed by atoms with Gasteiger partial charge < -0.3 is 9.88 Å². The first kappa shape index (κ1) is 14.6. The highest BCUT2D eigenvalue weighted by atomic mass is 79.9. The molecule has 0 unspecified atom stereocenters. The molecule has 1 N–H and O–H groups in total. The van der Waals surface area contributed by atoms with Crippen LogP contribution in [0.4, 0.5) is 5.69 Å². The normalized spacial score (nSPS) is 14.2. The first-order chi connectivity index (χ1) is 10.1. The van der Waals surface area contributed by atoms with Crippen molar-refractivity contribution >= 4 is 39.3 Å². The summed E-state index contributed by atoms with van der Waals surface area (Å²) in [4.78, 5) is 11.9. The average Bonchev–Trinajstić information content (AvgIpc) is 3.24. The number of thioether (sulfide) groups is 1. The van der Waals surface area contributed by atoms with E-state index < -0.39 is 0 Å². The maximum absolute atomic E-state index is 11.9. The van der Waals surface area contributed by atoms with E-state index in [0.717, 1.165) is 21.1 Å². The van der Waals surface area contributed by atoms with Crippen molar-refractivity contribution in [2.75, 3.05) is 11.1 Å². The van der Waals surface area contributed by atoms with Crippen LogP contribution >= 0.6 is 27.7 Å². The Hall–Kier alpha value is -1.34. The summed E-state index contributed by atoms with van der Waals surface area (Å²) < 4.78 is 2.98. The zero-order valence-corrected chi connectivity index (χ0v) is 13.9. The molecular formula is C14H15BrN4OS. The lowest BCUT2D eigenvalue weighted by Gasteiger charge is -2.05. The smallest absolute Gasteiger partial charge is 0.234 e. The molecule has 3 rings (SSSR count). The maximum atomic E-state index is 11.9. The molecule has 0 spiro atoms. The number of carbonyl (C=O) groups is 1. The van der Waals surface area contributed by atoms with Gasteiger partial charge in [0.2, 0.25) is 5.91 Å². The quantitative estimate of drug-likeness (QED) is 0.825. The first-order valence-electron chi connectivity index (χ1n) is 6.71. The van der Waals surface area contributed by atoms with Crippen molar-refractivity contribution in [2.45, 2.75) is 23.9 Å². The summed E-state index contributed by atoms with van der Waals surface area (Å²) in [6.07, 6.45) is 2.39. The van der Waals surface area contributed by atoms with Crippen molar-refractivity contribution in [2.24, 2.45) is 7.05 Å². The van der Waals surface area contributed by atoms with Gasteiger partial charge in [-0.1, -0.05) is 27.7 Å². The SMILES string of the molecule is Cn1c(SCC(=O)Nc2ccc(Br)cc2)nnc1C1CC1. The van der Waals surface area contributed by atoms with Crippen LogP contribution in [-0.2, 0) is 11.8 Å². The number of carbonyl (C=O) groups excluding carboxylic acids is 1. The highest BCUT2D eigenvalue weighted by Gasteiger charge is 2.29. The van der Waals surface area contributed by atoms with Gasteiger partial charge in [-0.05, 0) is 37.1 Å². The zero-order chi connectivity index (χ0) is 14.8. The molecule has 0 bridgehead atoms. The van der Waals surface area contributed by atoms with E-state index in [9.17, 15) is 4.79 Å². The Labute approximate surface area is 135 Å². The number of amides is 1. The van der Waals surface area contributed by atoms with Crippen LogP contribution in [0.15, 0.2) is 33.9 Å². The minimum atomic E-state index is -0.0432. The van der Waals surface area contributed by atoms with Crippen LogP contribution in [-0.4, -0.2) is 26.4 Å². The van der Waals surface area contributed by atoms with Gasteiger partial charge in [0.05, 0.1) is 5.75 Å². The molecule has 21 heavy (non-hydrogen) atoms. The predicted molar refractivity (Wildman–Crippen MR) is 86.5 cm³/mol. The highest BCUT2D eigenvalue weighted by Crippen LogP contribution is 2.39. The van der Waals surface area contributed by atoms with Crippen LogP contribution in [0.2, 0.25) is 0 Å². The number of aromatic nitrogens is 3. The molecular weight excluding hydrogens is 352 g/mol. The van der Waals surface area contributed by atoms with Gasteiger partial charge in [-0.3, -0.25) is 4.79 Å². The zero-order valence-electron chi connectivity index (χ0n) is 11.5. The summed E-state index contributed by atoms with van der Waals surface area (Å²) in [6.45, 7) is 0. The van der Waals surface area contributed by atoms with E-state index in [1.165, 1.54) is 24.6 Å². The van der Waals surface area contributed by atoms with E-state index in [1.807, 2.05) is 35.9 Å². The fraction of sp³-hybridized carbons (Fsp3) is 0.357. The molecule has 0 atom stereocenters. The Kier molecular flexibility index (Phi) is 4.30. The van der Waals surface area contributed by atoms with Gasteiger partial charge in [0.1, 0.15) is 5.82 Å². The van der Waals surface area contributed by atoms with Crippen LogP contribution < -0.4 is 5.32 Å². The van der Waals surface area contributed by atoms with Crippen LogP contribution in [0.3, 0.4) is 0 Å². The standard InChI is InChI=1S/C14H15BrN4OS/c1-19-13(9-2-3-9)17-18-14(19)21-8-12(20)16-11-6-4-10(15)5-7-11/h4-7,9H,2-3,8H2,1H3,(H,16,20). The fourth-order valence-electron chi connectivity index (χ4n) is 2.01. The third-order valence-electron chi connectivity index (χ3n) is 3.27. The third kappa shape index (κ3) is 3.65. The Morgan fingerprint density at radius 3 is 2.76 bits per heavy atom. The van der Waals surface area contributed by atoms with Crippen molar-refractivity contribution in [3.8, 4) is 0 Å². The van der Waals surface area contributed by atoms with E-state index >= 15 is 0 Å². The third-order valence-corrected chi connectivity index (χ3v) is 4.82. The Balaban J connectivity index is 1.54. The topological polar surface area (TPSA) is 59.8 Å². The van der Waals surface area contributed by atoms with E-state index in [-0.39, 0.29) is 5.91 Å². The lowest BCUT2D eigenvalue weighted by molar-refractivity contribution is -0.113. The number of anilines is 1. The van der Waals surface area contributed by atoms with E-state index in [2.05, 4.69) is 31.4 Å². The number of benzene rings is 1. The molecule has 5 nitrogen and oxygen atoms in total. The summed E-state index contributed by atoms with van der Waals surface area (Å²) in [5.41, 5.74) is 0.792. The van der Waals surface area contributed by atoms with Gasteiger partial charge in [0, 0.05) is 23.1 Å².